The van der Waals surface area contributed by atoms with Crippen molar-refractivity contribution in [3.8, 4) is 0 Å². The first-order chi connectivity index (χ1) is 40.2. The van der Waals surface area contributed by atoms with Crippen molar-refractivity contribution in [3.63, 3.8) is 0 Å². The molecule has 8 unspecified atom stereocenters. The van der Waals surface area contributed by atoms with E-state index in [1.807, 2.05) is 6.08 Å². The molecule has 1 heterocycles. The van der Waals surface area contributed by atoms with E-state index in [0.717, 1.165) is 96.3 Å². The molecule has 0 aromatic carbocycles. The number of carbonyl (C=O) groups is 2. The van der Waals surface area contributed by atoms with E-state index in [2.05, 4.69) is 86.8 Å². The van der Waals surface area contributed by atoms with Gasteiger partial charge in [-0.25, -0.2) is 0 Å². The van der Waals surface area contributed by atoms with E-state index in [4.69, 9.17) is 14.2 Å². The molecule has 476 valence electrons. The van der Waals surface area contributed by atoms with Crippen molar-refractivity contribution >= 4 is 11.9 Å². The van der Waals surface area contributed by atoms with Crippen LogP contribution in [0.25, 0.3) is 0 Å². The maximum absolute atomic E-state index is 13.5. The number of aliphatic hydroxyl groups is 5. The summed E-state index contributed by atoms with van der Waals surface area (Å²) in [5, 5.41) is 57.2. The molecular weight excluding hydrogens is 1030 g/mol. The lowest BCUT2D eigenvalue weighted by Gasteiger charge is -2.41. The molecule has 1 amide bonds. The molecule has 0 spiro atoms. The first kappa shape index (κ1) is 77.1. The molecule has 1 aliphatic rings. The molecule has 82 heavy (non-hydrogen) atoms. The topological polar surface area (TPSA) is 175 Å². The molecule has 1 aliphatic heterocycles. The van der Waals surface area contributed by atoms with Crippen molar-refractivity contribution in [2.75, 3.05) is 13.2 Å². The lowest BCUT2D eigenvalue weighted by molar-refractivity contribution is -0.305. The van der Waals surface area contributed by atoms with E-state index >= 15 is 0 Å². The fourth-order valence-corrected chi connectivity index (χ4v) is 10.4. The smallest absolute Gasteiger partial charge is 0.306 e. The van der Waals surface area contributed by atoms with Crippen LogP contribution in [-0.4, -0.2) is 99.6 Å². The standard InChI is InChI=1S/C71H127NO10/c1-4-7-10-13-16-19-22-25-27-29-31-32-33-35-36-38-40-43-46-49-52-55-58-64(75)70(79)72-62(63(74)57-54-51-48-45-42-24-21-18-15-12-9-6-3)61-80-71-69(68(78)67(77)65(60-73)81-71)82-66(76)59-56-53-50-47-44-41-39-37-34-30-28-26-23-20-17-14-11-8-5-2/h16,19,25-28,31-32,35-36,54,57,62-65,67-69,71,73-75,77-78H,4-15,17-18,20-24,29-30,33-34,37-53,55-56,58-61H2,1-3H3,(H,72,79)/b19-16-,27-25-,28-26+,32-31-,36-35-,57-54+. The van der Waals surface area contributed by atoms with Gasteiger partial charge in [-0.1, -0.05) is 273 Å². The Morgan fingerprint density at radius 3 is 1.29 bits per heavy atom. The third kappa shape index (κ3) is 45.5. The number of esters is 1. The van der Waals surface area contributed by atoms with Gasteiger partial charge in [0.2, 0.25) is 5.91 Å². The Balaban J connectivity index is 2.63. The largest absolute Gasteiger partial charge is 0.454 e. The summed E-state index contributed by atoms with van der Waals surface area (Å²) < 4.78 is 17.7. The maximum atomic E-state index is 13.5. The summed E-state index contributed by atoms with van der Waals surface area (Å²) in [4.78, 5) is 26.6. The second-order valence-corrected chi connectivity index (χ2v) is 23.6. The van der Waals surface area contributed by atoms with Crippen molar-refractivity contribution in [2.45, 2.75) is 352 Å². The summed E-state index contributed by atoms with van der Waals surface area (Å²) >= 11 is 0. The zero-order valence-corrected chi connectivity index (χ0v) is 52.9. The van der Waals surface area contributed by atoms with E-state index < -0.39 is 67.4 Å². The number of nitrogens with one attached hydrogen (secondary N) is 1. The lowest BCUT2D eigenvalue weighted by atomic mass is 9.99. The maximum Gasteiger partial charge on any atom is 0.306 e. The number of amides is 1. The number of hydrogen-bond acceptors (Lipinski definition) is 10. The quantitative estimate of drug-likeness (QED) is 0.0195. The average Bonchev–Trinajstić information content (AvgIpc) is 3.68. The molecule has 0 saturated carbocycles. The predicted molar refractivity (Wildman–Crippen MR) is 343 cm³/mol. The van der Waals surface area contributed by atoms with E-state index in [1.165, 1.54) is 161 Å². The van der Waals surface area contributed by atoms with Gasteiger partial charge in [0.1, 0.15) is 24.4 Å². The molecule has 1 saturated heterocycles. The molecule has 0 aliphatic carbocycles. The van der Waals surface area contributed by atoms with Gasteiger partial charge in [-0.3, -0.25) is 9.59 Å². The van der Waals surface area contributed by atoms with Crippen molar-refractivity contribution in [3.05, 3.63) is 72.9 Å². The van der Waals surface area contributed by atoms with Crippen LogP contribution in [0.4, 0.5) is 0 Å². The molecule has 1 rings (SSSR count). The molecule has 0 radical (unpaired) electrons. The highest BCUT2D eigenvalue weighted by Gasteiger charge is 2.47. The Bertz CT molecular complexity index is 1610. The Kier molecular flexibility index (Phi) is 55.0. The Morgan fingerprint density at radius 1 is 0.476 bits per heavy atom. The van der Waals surface area contributed by atoms with Gasteiger partial charge in [-0.05, 0) is 96.3 Å². The summed E-state index contributed by atoms with van der Waals surface area (Å²) in [5.41, 5.74) is 0. The second kappa shape index (κ2) is 58.5. The number of allylic oxidation sites excluding steroid dienone is 11. The first-order valence-corrected chi connectivity index (χ1v) is 34.2. The molecule has 11 nitrogen and oxygen atoms in total. The monoisotopic (exact) mass is 1150 g/mol. The van der Waals surface area contributed by atoms with E-state index in [0.29, 0.717) is 12.8 Å². The number of carbonyl (C=O) groups excluding carboxylic acids is 2. The SMILES string of the molecule is CCCCC/C=C\C/C=C\C/C=C\C/C=C\CCCCCCCCC(O)C(=O)NC(COC1OC(CO)C(O)C(O)C1OC(=O)CCCCCCCCCCC/C=C/CCCCCCCC)C(O)/C=C/CCCCCCCCCCCC. The number of hydrogen-bond donors (Lipinski definition) is 6. The zero-order valence-electron chi connectivity index (χ0n) is 52.9. The summed E-state index contributed by atoms with van der Waals surface area (Å²) in [7, 11) is 0. The molecule has 6 N–H and O–H groups in total. The van der Waals surface area contributed by atoms with Crippen molar-refractivity contribution in [2.24, 2.45) is 0 Å². The van der Waals surface area contributed by atoms with Gasteiger partial charge in [0.25, 0.3) is 0 Å². The van der Waals surface area contributed by atoms with Gasteiger partial charge >= 0.3 is 5.97 Å². The normalized spacial score (nSPS) is 19.0. The molecule has 0 aromatic heterocycles. The third-order valence-electron chi connectivity index (χ3n) is 15.8. The van der Waals surface area contributed by atoms with Crippen molar-refractivity contribution < 1.29 is 49.3 Å². The van der Waals surface area contributed by atoms with E-state index in [-0.39, 0.29) is 19.4 Å². The van der Waals surface area contributed by atoms with Crippen LogP contribution in [0.15, 0.2) is 72.9 Å². The Morgan fingerprint density at radius 2 is 0.841 bits per heavy atom. The van der Waals surface area contributed by atoms with Gasteiger partial charge in [0, 0.05) is 6.42 Å². The molecule has 11 heteroatoms. The predicted octanol–water partition coefficient (Wildman–Crippen LogP) is 17.1. The minimum atomic E-state index is -1.62. The zero-order chi connectivity index (χ0) is 59.6. The highest BCUT2D eigenvalue weighted by Crippen LogP contribution is 2.26. The van der Waals surface area contributed by atoms with E-state index in [1.54, 1.807) is 6.08 Å². The minimum Gasteiger partial charge on any atom is -0.454 e. The van der Waals surface area contributed by atoms with Crippen LogP contribution in [0.5, 0.6) is 0 Å². The van der Waals surface area contributed by atoms with Gasteiger partial charge in [-0.15, -0.1) is 0 Å². The highest BCUT2D eigenvalue weighted by molar-refractivity contribution is 5.80. The second-order valence-electron chi connectivity index (χ2n) is 23.6. The van der Waals surface area contributed by atoms with Gasteiger partial charge in [0.15, 0.2) is 12.4 Å². The van der Waals surface area contributed by atoms with Gasteiger partial charge < -0.3 is 45.1 Å². The summed E-state index contributed by atoms with van der Waals surface area (Å²) in [5.74, 6) is -1.20. The van der Waals surface area contributed by atoms with Crippen molar-refractivity contribution in [1.82, 2.24) is 5.32 Å². The summed E-state index contributed by atoms with van der Waals surface area (Å²) in [6, 6.07) is -1.03. The van der Waals surface area contributed by atoms with Crippen LogP contribution >= 0.6 is 0 Å². The number of ether oxygens (including phenoxy) is 3. The molecule has 0 aromatic rings. The van der Waals surface area contributed by atoms with Gasteiger partial charge in [-0.2, -0.15) is 0 Å². The van der Waals surface area contributed by atoms with Crippen LogP contribution < -0.4 is 5.32 Å². The van der Waals surface area contributed by atoms with E-state index in [9.17, 15) is 35.1 Å². The molecular formula is C71H127NO10. The third-order valence-corrected chi connectivity index (χ3v) is 15.8. The van der Waals surface area contributed by atoms with Gasteiger partial charge in [0.05, 0.1) is 25.4 Å². The Labute approximate surface area is 502 Å². The van der Waals surface area contributed by atoms with Crippen LogP contribution in [0.1, 0.15) is 303 Å². The van der Waals surface area contributed by atoms with Crippen molar-refractivity contribution in [1.29, 1.82) is 0 Å². The van der Waals surface area contributed by atoms with Crippen LogP contribution in [-0.2, 0) is 23.8 Å². The van der Waals surface area contributed by atoms with Crippen LogP contribution in [0.2, 0.25) is 0 Å². The first-order valence-electron chi connectivity index (χ1n) is 34.2. The van der Waals surface area contributed by atoms with Crippen LogP contribution in [0, 0.1) is 0 Å². The minimum absolute atomic E-state index is 0.119. The molecule has 1 fully saturated rings. The van der Waals surface area contributed by atoms with Crippen LogP contribution in [0.3, 0.4) is 0 Å². The number of rotatable bonds is 58. The Hall–Kier alpha value is -2.90. The number of aliphatic hydroxyl groups excluding tert-OH is 5. The molecule has 0 bridgehead atoms. The number of unbranched alkanes of at least 4 members (excludes halogenated alkanes) is 34. The molecule has 8 atom stereocenters. The summed E-state index contributed by atoms with van der Waals surface area (Å²) in [6.07, 6.45) is 65.0. The fourth-order valence-electron chi connectivity index (χ4n) is 10.4. The highest BCUT2D eigenvalue weighted by atomic mass is 16.7. The fraction of sp³-hybridized carbons (Fsp3) is 0.803. The summed E-state index contributed by atoms with van der Waals surface area (Å²) in [6.45, 7) is 5.77. The average molecular weight is 1150 g/mol. The lowest BCUT2D eigenvalue weighted by Crippen LogP contribution is -2.61.